The number of likely N-dealkylation sites (tertiary alicyclic amines) is 1. The summed E-state index contributed by atoms with van der Waals surface area (Å²) in [4.78, 5) is 54.4. The predicted octanol–water partition coefficient (Wildman–Crippen LogP) is 2.11. The number of amides is 4. The summed E-state index contributed by atoms with van der Waals surface area (Å²) >= 11 is 0. The van der Waals surface area contributed by atoms with Crippen molar-refractivity contribution in [3.63, 3.8) is 0 Å². The fourth-order valence-electron chi connectivity index (χ4n) is 6.31. The second-order valence-corrected chi connectivity index (χ2v) is 14.5. The van der Waals surface area contributed by atoms with Gasteiger partial charge in [-0.1, -0.05) is 55.4 Å². The van der Waals surface area contributed by atoms with Gasteiger partial charge in [0.15, 0.2) is 0 Å². The first-order chi connectivity index (χ1) is 16.9. The molecule has 204 valence electrons. The third-order valence-corrected chi connectivity index (χ3v) is 9.07. The van der Waals surface area contributed by atoms with E-state index in [9.17, 15) is 24.4 Å². The SMILES string of the molecule is CC(C)(C)C(=O)NC(C(=O)N1CC2C(C1C(=O)NC(C#N)CC1CC3(CC3)NC1=O)C2(C)C)C(C)(C)C. The van der Waals surface area contributed by atoms with Crippen molar-refractivity contribution in [2.45, 2.75) is 105 Å². The van der Waals surface area contributed by atoms with E-state index in [4.69, 9.17) is 0 Å². The van der Waals surface area contributed by atoms with Crippen molar-refractivity contribution in [3.05, 3.63) is 0 Å². The molecule has 0 bridgehead atoms. The van der Waals surface area contributed by atoms with Crippen LogP contribution in [0.1, 0.15) is 81.1 Å². The van der Waals surface area contributed by atoms with Crippen molar-refractivity contribution in [3.8, 4) is 6.07 Å². The van der Waals surface area contributed by atoms with Gasteiger partial charge in [-0.3, -0.25) is 19.2 Å². The zero-order chi connectivity index (χ0) is 27.7. The van der Waals surface area contributed by atoms with Gasteiger partial charge in [-0.2, -0.15) is 5.26 Å². The highest BCUT2D eigenvalue weighted by molar-refractivity contribution is 5.95. The van der Waals surface area contributed by atoms with Crippen molar-refractivity contribution >= 4 is 23.6 Å². The molecule has 0 aromatic carbocycles. The molecule has 0 radical (unpaired) electrons. The number of carbonyl (C=O) groups is 4. The molecule has 6 atom stereocenters. The van der Waals surface area contributed by atoms with Gasteiger partial charge in [0.1, 0.15) is 18.1 Å². The Hall–Kier alpha value is -2.63. The van der Waals surface area contributed by atoms with Gasteiger partial charge in [-0.25, -0.2) is 0 Å². The molecule has 2 aliphatic heterocycles. The molecule has 0 aromatic rings. The fraction of sp³-hybridized carbons (Fsp3) is 0.821. The van der Waals surface area contributed by atoms with E-state index < -0.39 is 29.0 Å². The summed E-state index contributed by atoms with van der Waals surface area (Å²) in [5.74, 6) is -1.02. The van der Waals surface area contributed by atoms with Gasteiger partial charge in [0.25, 0.3) is 0 Å². The molecule has 4 rings (SSSR count). The summed E-state index contributed by atoms with van der Waals surface area (Å²) in [5.41, 5.74) is -1.41. The number of carbonyl (C=O) groups excluding carboxylic acids is 4. The highest BCUT2D eigenvalue weighted by Gasteiger charge is 2.70. The van der Waals surface area contributed by atoms with Crippen LogP contribution in [0.5, 0.6) is 0 Å². The predicted molar refractivity (Wildman–Crippen MR) is 137 cm³/mol. The Balaban J connectivity index is 1.51. The summed E-state index contributed by atoms with van der Waals surface area (Å²) in [6.07, 6.45) is 2.90. The first kappa shape index (κ1) is 27.4. The van der Waals surface area contributed by atoms with E-state index in [2.05, 4.69) is 35.9 Å². The molecule has 2 aliphatic carbocycles. The van der Waals surface area contributed by atoms with Crippen LogP contribution in [0.2, 0.25) is 0 Å². The van der Waals surface area contributed by atoms with Crippen molar-refractivity contribution in [1.82, 2.24) is 20.9 Å². The van der Waals surface area contributed by atoms with E-state index in [1.165, 1.54) is 0 Å². The van der Waals surface area contributed by atoms with E-state index in [1.807, 2.05) is 20.8 Å². The van der Waals surface area contributed by atoms with Gasteiger partial charge in [-0.15, -0.1) is 0 Å². The summed E-state index contributed by atoms with van der Waals surface area (Å²) in [6.45, 7) is 15.8. The largest absolute Gasteiger partial charge is 0.350 e. The fourth-order valence-corrected chi connectivity index (χ4v) is 6.31. The van der Waals surface area contributed by atoms with E-state index in [-0.39, 0.29) is 58.8 Å². The van der Waals surface area contributed by atoms with Crippen LogP contribution in [0.3, 0.4) is 0 Å². The average Bonchev–Trinajstić information content (AvgIpc) is 3.48. The minimum absolute atomic E-state index is 0.0146. The number of hydrogen-bond donors (Lipinski definition) is 3. The molecule has 3 N–H and O–H groups in total. The molecule has 4 aliphatic rings. The lowest BCUT2D eigenvalue weighted by atomic mass is 9.84. The maximum atomic E-state index is 13.9. The van der Waals surface area contributed by atoms with Crippen LogP contribution in [0.15, 0.2) is 0 Å². The van der Waals surface area contributed by atoms with Crippen LogP contribution in [0, 0.1) is 45.3 Å². The highest BCUT2D eigenvalue weighted by atomic mass is 16.2. The van der Waals surface area contributed by atoms with Crippen LogP contribution in [-0.4, -0.2) is 58.7 Å². The maximum absolute atomic E-state index is 13.9. The zero-order valence-corrected chi connectivity index (χ0v) is 23.5. The molecular weight excluding hydrogens is 470 g/mol. The number of hydrogen-bond acceptors (Lipinski definition) is 5. The van der Waals surface area contributed by atoms with Crippen LogP contribution in [0.25, 0.3) is 0 Å². The normalized spacial score (nSPS) is 30.6. The third kappa shape index (κ3) is 5.08. The number of nitriles is 1. The van der Waals surface area contributed by atoms with Gasteiger partial charge in [0, 0.05) is 23.4 Å². The van der Waals surface area contributed by atoms with Gasteiger partial charge < -0.3 is 20.9 Å². The minimum atomic E-state index is -0.811. The van der Waals surface area contributed by atoms with Crippen molar-refractivity contribution in [1.29, 1.82) is 5.26 Å². The zero-order valence-electron chi connectivity index (χ0n) is 23.5. The molecule has 37 heavy (non-hydrogen) atoms. The smallest absolute Gasteiger partial charge is 0.246 e. The molecular formula is C28H43N5O4. The van der Waals surface area contributed by atoms with Crippen LogP contribution in [0.4, 0.5) is 0 Å². The van der Waals surface area contributed by atoms with Crippen LogP contribution < -0.4 is 16.0 Å². The topological polar surface area (TPSA) is 131 Å². The van der Waals surface area contributed by atoms with E-state index in [1.54, 1.807) is 25.7 Å². The van der Waals surface area contributed by atoms with Gasteiger partial charge in [-0.05, 0) is 48.3 Å². The molecule has 2 saturated carbocycles. The summed E-state index contributed by atoms with van der Waals surface area (Å²) in [5, 5.41) is 18.7. The Kier molecular flexibility index (Phi) is 6.45. The lowest BCUT2D eigenvalue weighted by molar-refractivity contribution is -0.146. The van der Waals surface area contributed by atoms with Crippen molar-refractivity contribution < 1.29 is 19.2 Å². The Morgan fingerprint density at radius 3 is 2.24 bits per heavy atom. The molecule has 9 nitrogen and oxygen atoms in total. The quantitative estimate of drug-likeness (QED) is 0.501. The molecule has 2 heterocycles. The number of piperidine rings is 1. The van der Waals surface area contributed by atoms with Crippen LogP contribution >= 0.6 is 0 Å². The molecule has 1 spiro atoms. The Bertz CT molecular complexity index is 1040. The highest BCUT2D eigenvalue weighted by Crippen LogP contribution is 2.65. The maximum Gasteiger partial charge on any atom is 0.246 e. The lowest BCUT2D eigenvalue weighted by Gasteiger charge is -2.38. The standard InChI is InChI=1S/C28H43N5O4/c1-25(2,3)20(31-24(37)26(4,5)6)23(36)33-14-17-18(27(17,7)8)19(33)22(35)30-16(13-29)11-15-12-28(9-10-28)32-21(15)34/h15-20H,9-12,14H2,1-8H3,(H,30,35)(H,31,37)(H,32,34). The van der Waals surface area contributed by atoms with Crippen molar-refractivity contribution in [2.75, 3.05) is 6.54 Å². The Labute approximate surface area is 220 Å². The number of nitrogens with zero attached hydrogens (tertiary/aromatic N) is 2. The van der Waals surface area contributed by atoms with Crippen LogP contribution in [-0.2, 0) is 19.2 Å². The second kappa shape index (κ2) is 8.71. The molecule has 4 amide bonds. The lowest BCUT2D eigenvalue weighted by Crippen LogP contribution is -2.60. The first-order valence-electron chi connectivity index (χ1n) is 13.5. The summed E-state index contributed by atoms with van der Waals surface area (Å²) in [7, 11) is 0. The van der Waals surface area contributed by atoms with E-state index >= 15 is 0 Å². The first-order valence-corrected chi connectivity index (χ1v) is 13.5. The van der Waals surface area contributed by atoms with E-state index in [0.717, 1.165) is 12.8 Å². The van der Waals surface area contributed by atoms with Crippen molar-refractivity contribution in [2.24, 2.45) is 34.0 Å². The molecule has 2 saturated heterocycles. The van der Waals surface area contributed by atoms with Gasteiger partial charge in [0.2, 0.25) is 23.6 Å². The molecule has 6 unspecified atom stereocenters. The monoisotopic (exact) mass is 513 g/mol. The second-order valence-electron chi connectivity index (χ2n) is 14.5. The van der Waals surface area contributed by atoms with E-state index in [0.29, 0.717) is 13.0 Å². The number of fused-ring (bicyclic) bond motifs is 1. The molecule has 9 heteroatoms. The Morgan fingerprint density at radius 1 is 1.14 bits per heavy atom. The Morgan fingerprint density at radius 2 is 1.76 bits per heavy atom. The average molecular weight is 514 g/mol. The number of rotatable bonds is 6. The molecule has 4 fully saturated rings. The molecule has 0 aromatic heterocycles. The number of nitrogens with one attached hydrogen (secondary N) is 3. The minimum Gasteiger partial charge on any atom is -0.350 e. The summed E-state index contributed by atoms with van der Waals surface area (Å²) in [6, 6.07) is -0.157. The summed E-state index contributed by atoms with van der Waals surface area (Å²) < 4.78 is 0. The van der Waals surface area contributed by atoms with Gasteiger partial charge in [0.05, 0.1) is 6.07 Å². The van der Waals surface area contributed by atoms with Gasteiger partial charge >= 0.3 is 0 Å². The third-order valence-electron chi connectivity index (χ3n) is 9.07.